The third-order valence-electron chi connectivity index (χ3n) is 6.39. The number of aromatic nitrogens is 4. The SMILES string of the molecule is Cc1c(CN2CCc3c(c(C(=O)NC4CCCC4)nn3CC(C)C)C2)cnn1C. The fraction of sp³-hybridized carbons (Fsp3) is 0.682. The first-order chi connectivity index (χ1) is 13.9. The lowest BCUT2D eigenvalue weighted by atomic mass is 10.0. The molecule has 1 aliphatic heterocycles. The zero-order valence-corrected chi connectivity index (χ0v) is 18.2. The van der Waals surface area contributed by atoms with Crippen LogP contribution in [-0.2, 0) is 33.1 Å². The Labute approximate surface area is 173 Å². The Morgan fingerprint density at radius 1 is 1.31 bits per heavy atom. The summed E-state index contributed by atoms with van der Waals surface area (Å²) < 4.78 is 4.02. The van der Waals surface area contributed by atoms with Crippen molar-refractivity contribution in [3.63, 3.8) is 0 Å². The predicted octanol–water partition coefficient (Wildman–Crippen LogP) is 2.81. The first kappa shape index (κ1) is 20.1. The molecule has 0 saturated heterocycles. The largest absolute Gasteiger partial charge is 0.348 e. The normalized spacial score (nSPS) is 17.8. The molecule has 29 heavy (non-hydrogen) atoms. The van der Waals surface area contributed by atoms with Crippen molar-refractivity contribution in [1.82, 2.24) is 29.8 Å². The molecule has 0 bridgehead atoms. The van der Waals surface area contributed by atoms with Crippen LogP contribution in [-0.4, -0.2) is 43.0 Å². The first-order valence-electron chi connectivity index (χ1n) is 11.0. The number of rotatable bonds is 6. The summed E-state index contributed by atoms with van der Waals surface area (Å²) in [5.74, 6) is 0.510. The highest BCUT2D eigenvalue weighted by Gasteiger charge is 2.30. The van der Waals surface area contributed by atoms with Crippen LogP contribution in [0.25, 0.3) is 0 Å². The number of aryl methyl sites for hydroxylation is 1. The van der Waals surface area contributed by atoms with Gasteiger partial charge in [-0.3, -0.25) is 19.1 Å². The van der Waals surface area contributed by atoms with E-state index in [1.54, 1.807) is 0 Å². The molecule has 2 aromatic rings. The highest BCUT2D eigenvalue weighted by Crippen LogP contribution is 2.26. The van der Waals surface area contributed by atoms with Crippen molar-refractivity contribution >= 4 is 5.91 Å². The number of carbonyl (C=O) groups excluding carboxylic acids is 1. The molecule has 0 unspecified atom stereocenters. The van der Waals surface area contributed by atoms with Crippen LogP contribution in [0.2, 0.25) is 0 Å². The van der Waals surface area contributed by atoms with Gasteiger partial charge in [-0.25, -0.2) is 0 Å². The van der Waals surface area contributed by atoms with Gasteiger partial charge in [0.25, 0.3) is 5.91 Å². The van der Waals surface area contributed by atoms with Crippen LogP contribution in [0.3, 0.4) is 0 Å². The van der Waals surface area contributed by atoms with Gasteiger partial charge >= 0.3 is 0 Å². The van der Waals surface area contributed by atoms with E-state index in [4.69, 9.17) is 5.10 Å². The first-order valence-corrected chi connectivity index (χ1v) is 11.0. The van der Waals surface area contributed by atoms with E-state index in [0.29, 0.717) is 17.7 Å². The van der Waals surface area contributed by atoms with Gasteiger partial charge < -0.3 is 5.32 Å². The lowest BCUT2D eigenvalue weighted by molar-refractivity contribution is 0.0929. The van der Waals surface area contributed by atoms with Crippen LogP contribution in [0.15, 0.2) is 6.20 Å². The second-order valence-electron chi connectivity index (χ2n) is 9.14. The number of nitrogens with one attached hydrogen (secondary N) is 1. The fourth-order valence-corrected chi connectivity index (χ4v) is 4.63. The molecule has 1 N–H and O–H groups in total. The van der Waals surface area contributed by atoms with Gasteiger partial charge in [0.05, 0.1) is 6.20 Å². The van der Waals surface area contributed by atoms with Crippen LogP contribution in [0.1, 0.15) is 72.5 Å². The molecule has 1 fully saturated rings. The van der Waals surface area contributed by atoms with E-state index in [9.17, 15) is 4.79 Å². The molecule has 0 spiro atoms. The second-order valence-corrected chi connectivity index (χ2v) is 9.14. The van der Waals surface area contributed by atoms with Gasteiger partial charge in [0, 0.05) is 68.2 Å². The minimum atomic E-state index is 0.00932. The summed E-state index contributed by atoms with van der Waals surface area (Å²) in [6.07, 6.45) is 7.50. The van der Waals surface area contributed by atoms with Crippen LogP contribution in [0.5, 0.6) is 0 Å². The molecule has 1 aliphatic carbocycles. The Morgan fingerprint density at radius 3 is 2.72 bits per heavy atom. The number of hydrogen-bond acceptors (Lipinski definition) is 4. The molecule has 4 rings (SSSR count). The Balaban J connectivity index is 1.57. The molecular weight excluding hydrogens is 364 g/mol. The zero-order valence-electron chi connectivity index (χ0n) is 18.2. The van der Waals surface area contributed by atoms with Gasteiger partial charge in [0.2, 0.25) is 0 Å². The van der Waals surface area contributed by atoms with Crippen molar-refractivity contribution in [2.45, 2.75) is 78.6 Å². The van der Waals surface area contributed by atoms with Crippen LogP contribution >= 0.6 is 0 Å². The summed E-state index contributed by atoms with van der Waals surface area (Å²) in [5.41, 5.74) is 5.46. The average Bonchev–Trinajstić information content (AvgIpc) is 3.38. The Bertz CT molecular complexity index is 874. The Hall–Kier alpha value is -2.15. The lowest BCUT2D eigenvalue weighted by Crippen LogP contribution is -2.35. The molecule has 7 heteroatoms. The van der Waals surface area contributed by atoms with Crippen molar-refractivity contribution in [1.29, 1.82) is 0 Å². The minimum Gasteiger partial charge on any atom is -0.348 e. The van der Waals surface area contributed by atoms with Crippen molar-refractivity contribution in [3.05, 3.63) is 34.4 Å². The van der Waals surface area contributed by atoms with E-state index < -0.39 is 0 Å². The van der Waals surface area contributed by atoms with Crippen molar-refractivity contribution in [3.8, 4) is 0 Å². The fourth-order valence-electron chi connectivity index (χ4n) is 4.63. The summed E-state index contributed by atoms with van der Waals surface area (Å²) in [7, 11) is 1.98. The molecular formula is C22H34N6O. The maximum atomic E-state index is 13.1. The van der Waals surface area contributed by atoms with E-state index >= 15 is 0 Å². The molecule has 158 valence electrons. The maximum Gasteiger partial charge on any atom is 0.272 e. The smallest absolute Gasteiger partial charge is 0.272 e. The zero-order chi connectivity index (χ0) is 20.5. The molecule has 1 saturated carbocycles. The molecule has 2 aliphatic rings. The quantitative estimate of drug-likeness (QED) is 0.812. The number of nitrogens with zero attached hydrogens (tertiary/aromatic N) is 5. The van der Waals surface area contributed by atoms with Gasteiger partial charge in [0.1, 0.15) is 0 Å². The highest BCUT2D eigenvalue weighted by atomic mass is 16.2. The number of hydrogen-bond donors (Lipinski definition) is 1. The molecule has 3 heterocycles. The van der Waals surface area contributed by atoms with E-state index in [1.165, 1.54) is 29.8 Å². The molecule has 7 nitrogen and oxygen atoms in total. The Morgan fingerprint density at radius 2 is 2.07 bits per heavy atom. The third-order valence-corrected chi connectivity index (χ3v) is 6.39. The monoisotopic (exact) mass is 398 g/mol. The van der Waals surface area contributed by atoms with Crippen LogP contribution in [0, 0.1) is 12.8 Å². The molecule has 1 amide bonds. The van der Waals surface area contributed by atoms with E-state index in [-0.39, 0.29) is 5.91 Å². The topological polar surface area (TPSA) is 68.0 Å². The Kier molecular flexibility index (Phi) is 5.76. The van der Waals surface area contributed by atoms with Crippen molar-refractivity contribution in [2.24, 2.45) is 13.0 Å². The summed E-state index contributed by atoms with van der Waals surface area (Å²) >= 11 is 0. The second kappa shape index (κ2) is 8.30. The van der Waals surface area contributed by atoms with E-state index in [0.717, 1.165) is 51.0 Å². The molecule has 0 radical (unpaired) electrons. The minimum absolute atomic E-state index is 0.00932. The van der Waals surface area contributed by atoms with Crippen molar-refractivity contribution in [2.75, 3.05) is 6.54 Å². The standard InChI is InChI=1S/C22H34N6O/c1-15(2)12-28-20-9-10-27(13-17-11-23-26(4)16(17)3)14-19(20)21(25-28)22(29)24-18-7-5-6-8-18/h11,15,18H,5-10,12-14H2,1-4H3,(H,24,29). The summed E-state index contributed by atoms with van der Waals surface area (Å²) in [4.78, 5) is 15.5. The van der Waals surface area contributed by atoms with Gasteiger partial charge in [-0.15, -0.1) is 0 Å². The number of carbonyl (C=O) groups is 1. The summed E-state index contributed by atoms with van der Waals surface area (Å²) in [6, 6.07) is 0.311. The summed E-state index contributed by atoms with van der Waals surface area (Å²) in [5, 5.41) is 12.4. The van der Waals surface area contributed by atoms with Crippen molar-refractivity contribution < 1.29 is 4.79 Å². The lowest BCUT2D eigenvalue weighted by Gasteiger charge is -2.28. The molecule has 2 aromatic heterocycles. The highest BCUT2D eigenvalue weighted by molar-refractivity contribution is 5.94. The molecule has 0 aromatic carbocycles. The number of fused-ring (bicyclic) bond motifs is 1. The van der Waals surface area contributed by atoms with E-state index in [1.807, 2.05) is 17.9 Å². The van der Waals surface area contributed by atoms with Crippen LogP contribution < -0.4 is 5.32 Å². The molecule has 0 atom stereocenters. The summed E-state index contributed by atoms with van der Waals surface area (Å²) in [6.45, 7) is 9.99. The van der Waals surface area contributed by atoms with Gasteiger partial charge in [-0.1, -0.05) is 26.7 Å². The van der Waals surface area contributed by atoms with E-state index in [2.05, 4.69) is 40.8 Å². The van der Waals surface area contributed by atoms with Gasteiger partial charge in [-0.2, -0.15) is 10.2 Å². The number of amides is 1. The van der Waals surface area contributed by atoms with Crippen LogP contribution in [0.4, 0.5) is 0 Å². The third kappa shape index (κ3) is 4.25. The predicted molar refractivity (Wildman–Crippen MR) is 113 cm³/mol. The average molecular weight is 399 g/mol. The van der Waals surface area contributed by atoms with Gasteiger partial charge in [-0.05, 0) is 25.7 Å². The van der Waals surface area contributed by atoms with Gasteiger partial charge in [0.15, 0.2) is 5.69 Å². The maximum absolute atomic E-state index is 13.1.